The number of carboxylic acids is 1. The second-order valence-corrected chi connectivity index (χ2v) is 6.77. The minimum atomic E-state index is -4.63. The average Bonchev–Trinajstić information content (AvgIpc) is 3.11. The minimum absolute atomic E-state index is 0.0793. The highest BCUT2D eigenvalue weighted by atomic mass is 19.4. The average molecular weight is 414 g/mol. The van der Waals surface area contributed by atoms with E-state index in [1.165, 1.54) is 12.3 Å². The van der Waals surface area contributed by atoms with E-state index in [0.29, 0.717) is 28.4 Å². The fraction of sp³-hybridized carbons (Fsp3) is 0.0909. The summed E-state index contributed by atoms with van der Waals surface area (Å²) in [6.45, 7) is 0. The second-order valence-electron chi connectivity index (χ2n) is 6.77. The molecule has 4 rings (SSSR count). The van der Waals surface area contributed by atoms with Crippen molar-refractivity contribution in [3.8, 4) is 5.82 Å². The van der Waals surface area contributed by atoms with E-state index in [4.69, 9.17) is 0 Å². The van der Waals surface area contributed by atoms with Gasteiger partial charge in [0.2, 0.25) is 0 Å². The number of fused-ring (bicyclic) bond motifs is 1. The number of halogens is 4. The zero-order valence-electron chi connectivity index (χ0n) is 15.3. The molecule has 0 saturated heterocycles. The van der Waals surface area contributed by atoms with Gasteiger partial charge in [-0.3, -0.25) is 0 Å². The van der Waals surface area contributed by atoms with E-state index >= 15 is 0 Å². The van der Waals surface area contributed by atoms with E-state index in [2.05, 4.69) is 4.98 Å². The van der Waals surface area contributed by atoms with E-state index in [0.717, 1.165) is 12.1 Å². The summed E-state index contributed by atoms with van der Waals surface area (Å²) in [5, 5.41) is 9.88. The van der Waals surface area contributed by atoms with E-state index in [1.54, 1.807) is 41.1 Å². The second kappa shape index (κ2) is 7.29. The Balaban J connectivity index is 1.71. The Morgan fingerprint density at radius 1 is 1.03 bits per heavy atom. The lowest BCUT2D eigenvalue weighted by Crippen LogP contribution is -2.06. The first-order chi connectivity index (χ1) is 14.2. The van der Waals surface area contributed by atoms with Gasteiger partial charge < -0.3 is 9.67 Å². The van der Waals surface area contributed by atoms with Crippen LogP contribution in [0.25, 0.3) is 16.7 Å². The molecule has 2 aromatic heterocycles. The molecular formula is C22H14F4N2O2. The Bertz CT molecular complexity index is 1260. The van der Waals surface area contributed by atoms with Gasteiger partial charge in [0.15, 0.2) is 0 Å². The highest BCUT2D eigenvalue weighted by Crippen LogP contribution is 2.31. The minimum Gasteiger partial charge on any atom is -0.478 e. The number of alkyl halides is 3. The predicted octanol–water partition coefficient (Wildman–Crippen LogP) is 5.47. The molecule has 0 aliphatic heterocycles. The van der Waals surface area contributed by atoms with Crippen LogP contribution in [-0.4, -0.2) is 20.6 Å². The normalized spacial score (nSPS) is 11.7. The molecule has 30 heavy (non-hydrogen) atoms. The molecule has 0 bridgehead atoms. The van der Waals surface area contributed by atoms with E-state index in [9.17, 15) is 27.5 Å². The molecule has 0 amide bonds. The van der Waals surface area contributed by atoms with Gasteiger partial charge in [0, 0.05) is 17.8 Å². The Morgan fingerprint density at radius 3 is 2.57 bits per heavy atom. The third-order valence-corrected chi connectivity index (χ3v) is 4.71. The van der Waals surface area contributed by atoms with E-state index < -0.39 is 23.5 Å². The van der Waals surface area contributed by atoms with E-state index in [1.807, 2.05) is 0 Å². The number of pyridine rings is 1. The standard InChI is InChI=1S/C22H14F4N2O2/c23-16-10-14(9-15(12-16)22(24,25)26)8-13-4-6-27-20(11-13)28-7-5-17-18(21(29)30)2-1-3-19(17)28/h1-7,9-12H,8H2,(H,29,30). The Labute approximate surface area is 168 Å². The lowest BCUT2D eigenvalue weighted by Gasteiger charge is -2.11. The van der Waals surface area contributed by atoms with Crippen LogP contribution in [0.15, 0.2) is 67.0 Å². The highest BCUT2D eigenvalue weighted by molar-refractivity contribution is 6.03. The number of carboxylic acid groups (broad SMARTS) is 1. The van der Waals surface area contributed by atoms with Gasteiger partial charge in [-0.25, -0.2) is 14.2 Å². The Morgan fingerprint density at radius 2 is 1.83 bits per heavy atom. The van der Waals surface area contributed by atoms with Gasteiger partial charge in [0.25, 0.3) is 0 Å². The zero-order valence-corrected chi connectivity index (χ0v) is 15.3. The molecule has 0 aliphatic carbocycles. The molecule has 0 spiro atoms. The molecule has 0 aliphatic rings. The fourth-order valence-electron chi connectivity index (χ4n) is 3.41. The molecule has 1 N–H and O–H groups in total. The van der Waals surface area contributed by atoms with Crippen LogP contribution in [-0.2, 0) is 12.6 Å². The van der Waals surface area contributed by atoms with Crippen LogP contribution in [0.5, 0.6) is 0 Å². The summed E-state index contributed by atoms with van der Waals surface area (Å²) in [6.07, 6.45) is -1.38. The third kappa shape index (κ3) is 3.76. The van der Waals surface area contributed by atoms with Crippen molar-refractivity contribution in [1.82, 2.24) is 9.55 Å². The maximum atomic E-state index is 13.7. The van der Waals surface area contributed by atoms with Crippen molar-refractivity contribution in [2.45, 2.75) is 12.6 Å². The van der Waals surface area contributed by atoms with Crippen molar-refractivity contribution < 1.29 is 27.5 Å². The first-order valence-corrected chi connectivity index (χ1v) is 8.88. The van der Waals surface area contributed by atoms with Crippen molar-refractivity contribution in [1.29, 1.82) is 0 Å². The summed E-state index contributed by atoms with van der Waals surface area (Å²) in [4.78, 5) is 15.7. The number of carbonyl (C=O) groups is 1. The van der Waals surface area contributed by atoms with Crippen LogP contribution < -0.4 is 0 Å². The summed E-state index contributed by atoms with van der Waals surface area (Å²) in [7, 11) is 0. The smallest absolute Gasteiger partial charge is 0.416 e. The van der Waals surface area contributed by atoms with Crippen LogP contribution in [0.3, 0.4) is 0 Å². The van der Waals surface area contributed by atoms with Crippen LogP contribution >= 0.6 is 0 Å². The van der Waals surface area contributed by atoms with Gasteiger partial charge in [-0.2, -0.15) is 13.2 Å². The van der Waals surface area contributed by atoms with Crippen molar-refractivity contribution in [2.75, 3.05) is 0 Å². The summed E-state index contributed by atoms with van der Waals surface area (Å²) in [5.74, 6) is -1.53. The van der Waals surface area contributed by atoms with Gasteiger partial charge in [0.05, 0.1) is 16.6 Å². The Kier molecular flexibility index (Phi) is 4.77. The molecule has 0 radical (unpaired) electrons. The Hall–Kier alpha value is -3.68. The summed E-state index contributed by atoms with van der Waals surface area (Å²) >= 11 is 0. The predicted molar refractivity (Wildman–Crippen MR) is 102 cm³/mol. The molecule has 0 unspecified atom stereocenters. The topological polar surface area (TPSA) is 55.1 Å². The van der Waals surface area contributed by atoms with Crippen molar-refractivity contribution >= 4 is 16.9 Å². The first kappa shape index (κ1) is 19.6. The number of benzene rings is 2. The molecule has 2 heterocycles. The number of hydrogen-bond donors (Lipinski definition) is 1. The molecule has 2 aromatic carbocycles. The summed E-state index contributed by atoms with van der Waals surface area (Å²) in [5.41, 5.74) is 0.566. The van der Waals surface area contributed by atoms with Crippen molar-refractivity contribution in [3.05, 3.63) is 95.1 Å². The number of rotatable bonds is 4. The van der Waals surface area contributed by atoms with Crippen LogP contribution in [0, 0.1) is 5.82 Å². The maximum Gasteiger partial charge on any atom is 0.416 e. The van der Waals surface area contributed by atoms with Crippen molar-refractivity contribution in [2.24, 2.45) is 0 Å². The van der Waals surface area contributed by atoms with Gasteiger partial charge in [0.1, 0.15) is 11.6 Å². The molecule has 8 heteroatoms. The van der Waals surface area contributed by atoms with E-state index in [-0.39, 0.29) is 17.5 Å². The van der Waals surface area contributed by atoms with Gasteiger partial charge in [-0.15, -0.1) is 0 Å². The number of hydrogen-bond acceptors (Lipinski definition) is 2. The molecule has 152 valence electrons. The summed E-state index contributed by atoms with van der Waals surface area (Å²) in [6, 6.07) is 12.3. The van der Waals surface area contributed by atoms with Gasteiger partial charge in [-0.1, -0.05) is 6.07 Å². The van der Waals surface area contributed by atoms with Gasteiger partial charge >= 0.3 is 12.1 Å². The largest absolute Gasteiger partial charge is 0.478 e. The number of nitrogens with zero attached hydrogens (tertiary/aromatic N) is 2. The zero-order chi connectivity index (χ0) is 21.5. The molecule has 4 aromatic rings. The molecular weight excluding hydrogens is 400 g/mol. The third-order valence-electron chi connectivity index (χ3n) is 4.71. The number of aromatic carboxylic acids is 1. The van der Waals surface area contributed by atoms with Gasteiger partial charge in [-0.05, 0) is 66.1 Å². The maximum absolute atomic E-state index is 13.7. The highest BCUT2D eigenvalue weighted by Gasteiger charge is 2.31. The molecule has 0 fully saturated rings. The molecule has 0 saturated carbocycles. The summed E-state index contributed by atoms with van der Waals surface area (Å²) < 4.78 is 54.2. The monoisotopic (exact) mass is 414 g/mol. The lowest BCUT2D eigenvalue weighted by molar-refractivity contribution is -0.137. The van der Waals surface area contributed by atoms with Crippen LogP contribution in [0.4, 0.5) is 17.6 Å². The van der Waals surface area contributed by atoms with Crippen molar-refractivity contribution in [3.63, 3.8) is 0 Å². The number of aromatic nitrogens is 2. The van der Waals surface area contributed by atoms with Crippen LogP contribution in [0.2, 0.25) is 0 Å². The molecule has 4 nitrogen and oxygen atoms in total. The molecule has 0 atom stereocenters. The SMILES string of the molecule is O=C(O)c1cccc2c1ccn2-c1cc(Cc2cc(F)cc(C(F)(F)F)c2)ccn1. The fourth-order valence-corrected chi connectivity index (χ4v) is 3.41. The lowest BCUT2D eigenvalue weighted by atomic mass is 10.0. The van der Waals surface area contributed by atoms with Crippen LogP contribution in [0.1, 0.15) is 27.0 Å². The quantitative estimate of drug-likeness (QED) is 0.451. The first-order valence-electron chi connectivity index (χ1n) is 8.88.